The van der Waals surface area contributed by atoms with Crippen molar-refractivity contribution in [2.24, 2.45) is 17.8 Å². The van der Waals surface area contributed by atoms with E-state index in [2.05, 4.69) is 60.1 Å². The summed E-state index contributed by atoms with van der Waals surface area (Å²) >= 11 is 0. The minimum absolute atomic E-state index is 0.0597. The molecule has 200 valence electrons. The molecule has 39 heavy (non-hydrogen) atoms. The molecule has 0 aliphatic heterocycles. The molecule has 1 amide bonds. The smallest absolute Gasteiger partial charge is 0.330 e. The number of rotatable bonds is 9. The SMILES string of the molecule is C=CN(C)c1ccc(-c2ccc(CN(C(=O)[C@@H]3C[C@@H]4CC[C@H]3C4)c3cncc(/C=C/C(=O)OC)c3)cc2)cc1. The normalized spacial score (nSPS) is 19.7. The van der Waals surface area contributed by atoms with Crippen LogP contribution >= 0.6 is 0 Å². The van der Waals surface area contributed by atoms with Crippen molar-refractivity contribution in [3.8, 4) is 11.1 Å². The van der Waals surface area contributed by atoms with Gasteiger partial charge in [-0.3, -0.25) is 9.78 Å². The fraction of sp³-hybridized carbons (Fsp3) is 0.303. The number of benzene rings is 2. The molecule has 5 rings (SSSR count). The lowest BCUT2D eigenvalue weighted by Crippen LogP contribution is -2.38. The van der Waals surface area contributed by atoms with Crippen molar-refractivity contribution in [3.05, 3.63) is 97.0 Å². The number of amides is 1. The first-order valence-corrected chi connectivity index (χ1v) is 13.5. The van der Waals surface area contributed by atoms with Crippen LogP contribution in [0.2, 0.25) is 0 Å². The van der Waals surface area contributed by atoms with Crippen LogP contribution in [0, 0.1) is 17.8 Å². The molecule has 0 saturated heterocycles. The van der Waals surface area contributed by atoms with Gasteiger partial charge in [0.2, 0.25) is 5.91 Å². The van der Waals surface area contributed by atoms with Crippen molar-refractivity contribution in [2.75, 3.05) is 24.0 Å². The van der Waals surface area contributed by atoms with Crippen LogP contribution in [0.1, 0.15) is 36.8 Å². The van der Waals surface area contributed by atoms with Crippen molar-refractivity contribution in [1.82, 2.24) is 4.98 Å². The lowest BCUT2D eigenvalue weighted by Gasteiger charge is -2.30. The Morgan fingerprint density at radius 1 is 1.00 bits per heavy atom. The first-order valence-electron chi connectivity index (χ1n) is 13.5. The summed E-state index contributed by atoms with van der Waals surface area (Å²) in [5.74, 6) is 0.951. The van der Waals surface area contributed by atoms with E-state index in [1.165, 1.54) is 26.0 Å². The fourth-order valence-corrected chi connectivity index (χ4v) is 5.94. The predicted octanol–water partition coefficient (Wildman–Crippen LogP) is 6.48. The van der Waals surface area contributed by atoms with Crippen molar-refractivity contribution in [1.29, 1.82) is 0 Å². The largest absolute Gasteiger partial charge is 0.466 e. The van der Waals surface area contributed by atoms with Gasteiger partial charge in [0.15, 0.2) is 0 Å². The predicted molar refractivity (Wildman–Crippen MR) is 156 cm³/mol. The van der Waals surface area contributed by atoms with Gasteiger partial charge in [-0.1, -0.05) is 49.4 Å². The molecular weight excluding hydrogens is 486 g/mol. The van der Waals surface area contributed by atoms with E-state index in [9.17, 15) is 9.59 Å². The number of carbonyl (C=O) groups excluding carboxylic acids is 2. The Morgan fingerprint density at radius 3 is 2.33 bits per heavy atom. The van der Waals surface area contributed by atoms with Crippen LogP contribution in [-0.4, -0.2) is 31.0 Å². The van der Waals surface area contributed by atoms with Gasteiger partial charge in [-0.15, -0.1) is 0 Å². The Labute approximate surface area is 230 Å². The highest BCUT2D eigenvalue weighted by molar-refractivity contribution is 5.96. The summed E-state index contributed by atoms with van der Waals surface area (Å²) in [6.45, 7) is 4.28. The van der Waals surface area contributed by atoms with Crippen LogP contribution in [0.3, 0.4) is 0 Å². The molecule has 2 bridgehead atoms. The summed E-state index contributed by atoms with van der Waals surface area (Å²) < 4.78 is 4.71. The second-order valence-electron chi connectivity index (χ2n) is 10.6. The summed E-state index contributed by atoms with van der Waals surface area (Å²) in [7, 11) is 3.32. The Balaban J connectivity index is 1.39. The number of esters is 1. The van der Waals surface area contributed by atoms with E-state index in [4.69, 9.17) is 4.74 Å². The summed E-state index contributed by atoms with van der Waals surface area (Å²) in [6, 6.07) is 18.7. The van der Waals surface area contributed by atoms with Crippen LogP contribution < -0.4 is 9.80 Å². The lowest BCUT2D eigenvalue weighted by molar-refractivity contribution is -0.134. The maximum Gasteiger partial charge on any atom is 0.330 e. The highest BCUT2D eigenvalue weighted by Crippen LogP contribution is 2.49. The number of hydrogen-bond acceptors (Lipinski definition) is 5. The molecule has 0 radical (unpaired) electrons. The summed E-state index contributed by atoms with van der Waals surface area (Å²) in [4.78, 5) is 33.8. The number of hydrogen-bond donors (Lipinski definition) is 0. The summed E-state index contributed by atoms with van der Waals surface area (Å²) in [6.07, 6.45) is 12.8. The van der Waals surface area contributed by atoms with Crippen molar-refractivity contribution < 1.29 is 14.3 Å². The third-order valence-electron chi connectivity index (χ3n) is 8.17. The lowest BCUT2D eigenvalue weighted by atomic mass is 9.87. The van der Waals surface area contributed by atoms with E-state index in [-0.39, 0.29) is 11.8 Å². The quantitative estimate of drug-likeness (QED) is 0.238. The minimum Gasteiger partial charge on any atom is -0.466 e. The second kappa shape index (κ2) is 11.7. The minimum atomic E-state index is -0.433. The van der Waals surface area contributed by atoms with E-state index in [0.29, 0.717) is 18.4 Å². The number of nitrogens with zero attached hydrogens (tertiary/aromatic N) is 3. The first kappa shape index (κ1) is 26.4. The fourth-order valence-electron chi connectivity index (χ4n) is 5.94. The average molecular weight is 522 g/mol. The molecule has 1 heterocycles. The summed E-state index contributed by atoms with van der Waals surface area (Å²) in [5.41, 5.74) is 5.86. The molecule has 1 aromatic heterocycles. The van der Waals surface area contributed by atoms with Gasteiger partial charge in [0.25, 0.3) is 0 Å². The van der Waals surface area contributed by atoms with E-state index in [1.54, 1.807) is 24.7 Å². The molecule has 2 aromatic carbocycles. The molecule has 3 aromatic rings. The zero-order valence-electron chi connectivity index (χ0n) is 22.6. The van der Waals surface area contributed by atoms with E-state index < -0.39 is 5.97 Å². The second-order valence-corrected chi connectivity index (χ2v) is 10.6. The maximum absolute atomic E-state index is 14.0. The van der Waals surface area contributed by atoms with Gasteiger partial charge in [-0.05, 0) is 83.8 Å². The standard InChI is InChI=1S/C33H35N3O3/c1-4-35(2)29-14-12-27(13-15-29)26-9-5-23(6-10-26)22-36(33(38)31-19-24-7-11-28(31)17-24)30-18-25(20-34-21-30)8-16-32(37)39-3/h4-6,8-10,12-16,18,20-21,24,28,31H,1,7,11,17,19,22H2,2-3H3/b16-8+/t24-,28+,31-/m1/s1. The Morgan fingerprint density at radius 2 is 1.72 bits per heavy atom. The molecule has 0 unspecified atom stereocenters. The number of carbonyl (C=O) groups is 2. The molecule has 6 heteroatoms. The number of methoxy groups -OCH3 is 1. The molecule has 3 atom stereocenters. The molecule has 6 nitrogen and oxygen atoms in total. The highest BCUT2D eigenvalue weighted by Gasteiger charge is 2.44. The zero-order chi connectivity index (χ0) is 27.4. The molecule has 2 aliphatic carbocycles. The van der Waals surface area contributed by atoms with Crippen LogP contribution in [0.5, 0.6) is 0 Å². The molecule has 2 aliphatic rings. The third kappa shape index (κ3) is 5.95. The molecule has 2 saturated carbocycles. The Hall–Kier alpha value is -4.19. The van der Waals surface area contributed by atoms with E-state index >= 15 is 0 Å². The zero-order valence-corrected chi connectivity index (χ0v) is 22.6. The van der Waals surface area contributed by atoms with Crippen molar-refractivity contribution in [3.63, 3.8) is 0 Å². The molecule has 0 N–H and O–H groups in total. The van der Waals surface area contributed by atoms with Crippen LogP contribution in [0.4, 0.5) is 11.4 Å². The number of aromatic nitrogens is 1. The highest BCUT2D eigenvalue weighted by atomic mass is 16.5. The van der Waals surface area contributed by atoms with Crippen LogP contribution in [0.15, 0.2) is 85.8 Å². The van der Waals surface area contributed by atoms with Gasteiger partial charge in [0, 0.05) is 30.9 Å². The summed E-state index contributed by atoms with van der Waals surface area (Å²) in [5, 5.41) is 0. The van der Waals surface area contributed by atoms with Gasteiger partial charge in [0.1, 0.15) is 0 Å². The third-order valence-corrected chi connectivity index (χ3v) is 8.17. The Bertz CT molecular complexity index is 1360. The first-order chi connectivity index (χ1) is 18.9. The van der Waals surface area contributed by atoms with Crippen molar-refractivity contribution in [2.45, 2.75) is 32.2 Å². The number of pyridine rings is 1. The monoisotopic (exact) mass is 521 g/mol. The molecular formula is C33H35N3O3. The number of anilines is 2. The van der Waals surface area contributed by atoms with Crippen LogP contribution in [-0.2, 0) is 20.9 Å². The van der Waals surface area contributed by atoms with E-state index in [1.807, 2.05) is 22.9 Å². The van der Waals surface area contributed by atoms with Gasteiger partial charge in [-0.2, -0.15) is 0 Å². The van der Waals surface area contributed by atoms with E-state index in [0.717, 1.165) is 46.5 Å². The van der Waals surface area contributed by atoms with Gasteiger partial charge in [-0.25, -0.2) is 4.79 Å². The van der Waals surface area contributed by atoms with Gasteiger partial charge >= 0.3 is 5.97 Å². The molecule has 2 fully saturated rings. The van der Waals surface area contributed by atoms with Gasteiger partial charge in [0.05, 0.1) is 25.5 Å². The number of ether oxygens (including phenoxy) is 1. The Kier molecular flexibility index (Phi) is 7.92. The molecule has 0 spiro atoms. The number of fused-ring (bicyclic) bond motifs is 2. The van der Waals surface area contributed by atoms with Crippen LogP contribution in [0.25, 0.3) is 17.2 Å². The maximum atomic E-state index is 14.0. The van der Waals surface area contributed by atoms with Gasteiger partial charge < -0.3 is 14.5 Å². The topological polar surface area (TPSA) is 62.7 Å². The van der Waals surface area contributed by atoms with Crippen molar-refractivity contribution >= 4 is 29.3 Å². The average Bonchev–Trinajstić information content (AvgIpc) is 3.63.